The first-order valence-electron chi connectivity index (χ1n) is 6.06. The molecule has 3 N–H and O–H groups in total. The summed E-state index contributed by atoms with van der Waals surface area (Å²) in [6.07, 6.45) is -0.735. The van der Waals surface area contributed by atoms with Gasteiger partial charge >= 0.3 is 6.09 Å². The van der Waals surface area contributed by atoms with Crippen LogP contribution in [0.15, 0.2) is 0 Å². The van der Waals surface area contributed by atoms with E-state index < -0.39 is 5.60 Å². The molecule has 5 heteroatoms. The van der Waals surface area contributed by atoms with Crippen molar-refractivity contribution in [2.45, 2.75) is 46.3 Å². The molecule has 17 heavy (non-hydrogen) atoms. The maximum Gasteiger partial charge on any atom is 0.407 e. The molecule has 0 bridgehead atoms. The van der Waals surface area contributed by atoms with Crippen LogP contribution in [0.25, 0.3) is 0 Å². The summed E-state index contributed by atoms with van der Waals surface area (Å²) < 4.78 is 5.12. The largest absolute Gasteiger partial charge is 0.444 e. The van der Waals surface area contributed by atoms with Crippen molar-refractivity contribution < 1.29 is 14.6 Å². The summed E-state index contributed by atoms with van der Waals surface area (Å²) >= 11 is 0. The molecule has 0 aromatic carbocycles. The van der Waals surface area contributed by atoms with Crippen molar-refractivity contribution in [1.82, 2.24) is 10.6 Å². The zero-order valence-corrected chi connectivity index (χ0v) is 11.5. The summed E-state index contributed by atoms with van der Waals surface area (Å²) in [5.41, 5.74) is -0.460. The Morgan fingerprint density at radius 3 is 2.29 bits per heavy atom. The second-order valence-electron chi connectivity index (χ2n) is 5.50. The van der Waals surface area contributed by atoms with E-state index in [1.54, 1.807) is 6.92 Å². The van der Waals surface area contributed by atoms with E-state index in [9.17, 15) is 4.79 Å². The van der Waals surface area contributed by atoms with E-state index in [0.29, 0.717) is 19.0 Å². The number of aliphatic hydroxyl groups excluding tert-OH is 1. The molecule has 0 spiro atoms. The molecule has 1 unspecified atom stereocenters. The van der Waals surface area contributed by atoms with E-state index >= 15 is 0 Å². The number of alkyl carbamates (subject to hydrolysis) is 1. The highest BCUT2D eigenvalue weighted by Crippen LogP contribution is 2.06. The zero-order chi connectivity index (χ0) is 13.5. The molecule has 5 nitrogen and oxygen atoms in total. The Morgan fingerprint density at radius 1 is 1.24 bits per heavy atom. The third kappa shape index (κ3) is 11.5. The molecular weight excluding hydrogens is 220 g/mol. The highest BCUT2D eigenvalue weighted by Gasteiger charge is 2.16. The summed E-state index contributed by atoms with van der Waals surface area (Å²) in [5, 5.41) is 14.9. The van der Waals surface area contributed by atoms with E-state index in [0.717, 1.165) is 6.54 Å². The molecule has 0 rings (SSSR count). The smallest absolute Gasteiger partial charge is 0.407 e. The van der Waals surface area contributed by atoms with Crippen LogP contribution in [0.5, 0.6) is 0 Å². The Kier molecular flexibility index (Phi) is 7.15. The quantitative estimate of drug-likeness (QED) is 0.657. The molecule has 0 aliphatic carbocycles. The molecule has 0 saturated heterocycles. The predicted molar refractivity (Wildman–Crippen MR) is 68.0 cm³/mol. The van der Waals surface area contributed by atoms with Crippen LogP contribution in [0.2, 0.25) is 0 Å². The van der Waals surface area contributed by atoms with Gasteiger partial charge in [0.15, 0.2) is 0 Å². The SMILES string of the molecule is CC(CNC[C@@H](C)O)CNC(=O)OC(C)(C)C. The fraction of sp³-hybridized carbons (Fsp3) is 0.917. The third-order valence-electron chi connectivity index (χ3n) is 1.93. The lowest BCUT2D eigenvalue weighted by Gasteiger charge is -2.21. The number of ether oxygens (including phenoxy) is 1. The average Bonchev–Trinajstić information content (AvgIpc) is 2.11. The summed E-state index contributed by atoms with van der Waals surface area (Å²) in [6, 6.07) is 0. The summed E-state index contributed by atoms with van der Waals surface area (Å²) in [7, 11) is 0. The number of hydrogen-bond donors (Lipinski definition) is 3. The monoisotopic (exact) mass is 246 g/mol. The molecule has 102 valence electrons. The van der Waals surface area contributed by atoms with E-state index in [1.807, 2.05) is 27.7 Å². The fourth-order valence-corrected chi connectivity index (χ4v) is 1.18. The van der Waals surface area contributed by atoms with Gasteiger partial charge in [0, 0.05) is 13.1 Å². The Balaban J connectivity index is 3.62. The van der Waals surface area contributed by atoms with Gasteiger partial charge in [0.2, 0.25) is 0 Å². The van der Waals surface area contributed by atoms with Crippen molar-refractivity contribution in [3.8, 4) is 0 Å². The van der Waals surface area contributed by atoms with Crippen LogP contribution in [0.4, 0.5) is 4.79 Å². The van der Waals surface area contributed by atoms with Gasteiger partial charge in [-0.3, -0.25) is 0 Å². The Morgan fingerprint density at radius 2 is 1.82 bits per heavy atom. The zero-order valence-electron chi connectivity index (χ0n) is 11.5. The molecule has 0 aliphatic heterocycles. The molecular formula is C12H26N2O3. The number of carbonyl (C=O) groups excluding carboxylic acids is 1. The van der Waals surface area contributed by atoms with Crippen LogP contribution in [0.3, 0.4) is 0 Å². The van der Waals surface area contributed by atoms with Crippen LogP contribution < -0.4 is 10.6 Å². The molecule has 0 fully saturated rings. The lowest BCUT2D eigenvalue weighted by molar-refractivity contribution is 0.0520. The molecule has 2 atom stereocenters. The Bertz CT molecular complexity index is 224. The predicted octanol–water partition coefficient (Wildman–Crippen LogP) is 1.12. The summed E-state index contributed by atoms with van der Waals surface area (Å²) in [6.45, 7) is 11.1. The Labute approximate surface area is 104 Å². The van der Waals surface area contributed by atoms with Gasteiger partial charge in [0.1, 0.15) is 5.60 Å². The van der Waals surface area contributed by atoms with Crippen molar-refractivity contribution in [2.75, 3.05) is 19.6 Å². The lowest BCUT2D eigenvalue weighted by Crippen LogP contribution is -2.38. The standard InChI is InChI=1S/C12H26N2O3/c1-9(6-13-8-10(2)15)7-14-11(16)17-12(3,4)5/h9-10,13,15H,6-8H2,1-5H3,(H,14,16)/t9?,10-/m1/s1. The maximum absolute atomic E-state index is 11.4. The van der Waals surface area contributed by atoms with Gasteiger partial charge in [-0.05, 0) is 40.2 Å². The van der Waals surface area contributed by atoms with Gasteiger partial charge < -0.3 is 20.5 Å². The van der Waals surface area contributed by atoms with Crippen LogP contribution in [0.1, 0.15) is 34.6 Å². The minimum Gasteiger partial charge on any atom is -0.444 e. The minimum absolute atomic E-state index is 0.293. The first kappa shape index (κ1) is 16.2. The van der Waals surface area contributed by atoms with Crippen molar-refractivity contribution in [3.63, 3.8) is 0 Å². The number of rotatable bonds is 6. The van der Waals surface area contributed by atoms with Crippen molar-refractivity contribution in [2.24, 2.45) is 5.92 Å². The molecule has 0 saturated carbocycles. The highest BCUT2D eigenvalue weighted by molar-refractivity contribution is 5.67. The number of aliphatic hydroxyl groups is 1. The van der Waals surface area contributed by atoms with E-state index in [4.69, 9.17) is 9.84 Å². The van der Waals surface area contributed by atoms with Crippen molar-refractivity contribution >= 4 is 6.09 Å². The topological polar surface area (TPSA) is 70.6 Å². The Hall–Kier alpha value is -0.810. The van der Waals surface area contributed by atoms with Crippen LogP contribution in [-0.4, -0.2) is 42.5 Å². The maximum atomic E-state index is 11.4. The van der Waals surface area contributed by atoms with Crippen LogP contribution >= 0.6 is 0 Å². The number of carbonyl (C=O) groups is 1. The molecule has 1 amide bonds. The normalized spacial score (nSPS) is 15.2. The molecule has 0 aliphatic rings. The summed E-state index contributed by atoms with van der Waals surface area (Å²) in [4.78, 5) is 11.4. The minimum atomic E-state index is -0.460. The average molecular weight is 246 g/mol. The van der Waals surface area contributed by atoms with E-state index in [-0.39, 0.29) is 12.2 Å². The molecule has 0 aromatic rings. The van der Waals surface area contributed by atoms with Gasteiger partial charge in [0.05, 0.1) is 6.10 Å². The number of amides is 1. The summed E-state index contributed by atoms with van der Waals surface area (Å²) in [5.74, 6) is 0.293. The van der Waals surface area contributed by atoms with Gasteiger partial charge in [0.25, 0.3) is 0 Å². The number of nitrogens with one attached hydrogen (secondary N) is 2. The molecule has 0 heterocycles. The van der Waals surface area contributed by atoms with E-state index in [1.165, 1.54) is 0 Å². The highest BCUT2D eigenvalue weighted by atomic mass is 16.6. The number of hydrogen-bond acceptors (Lipinski definition) is 4. The lowest BCUT2D eigenvalue weighted by atomic mass is 10.2. The third-order valence-corrected chi connectivity index (χ3v) is 1.93. The van der Waals surface area contributed by atoms with Crippen LogP contribution in [0, 0.1) is 5.92 Å². The first-order valence-corrected chi connectivity index (χ1v) is 6.06. The second kappa shape index (κ2) is 7.50. The fourth-order valence-electron chi connectivity index (χ4n) is 1.18. The van der Waals surface area contributed by atoms with Crippen molar-refractivity contribution in [3.05, 3.63) is 0 Å². The molecule has 0 radical (unpaired) electrons. The molecule has 0 aromatic heterocycles. The first-order chi connectivity index (χ1) is 7.70. The van der Waals surface area contributed by atoms with E-state index in [2.05, 4.69) is 10.6 Å². The second-order valence-corrected chi connectivity index (χ2v) is 5.50. The van der Waals surface area contributed by atoms with Crippen LogP contribution in [-0.2, 0) is 4.74 Å². The van der Waals surface area contributed by atoms with Crippen molar-refractivity contribution in [1.29, 1.82) is 0 Å². The van der Waals surface area contributed by atoms with Gasteiger partial charge in [-0.15, -0.1) is 0 Å². The van der Waals surface area contributed by atoms with Gasteiger partial charge in [-0.25, -0.2) is 4.79 Å². The van der Waals surface area contributed by atoms with Gasteiger partial charge in [-0.1, -0.05) is 6.92 Å². The van der Waals surface area contributed by atoms with Gasteiger partial charge in [-0.2, -0.15) is 0 Å².